The van der Waals surface area contributed by atoms with Gasteiger partial charge in [-0.05, 0) is 85.0 Å². The summed E-state index contributed by atoms with van der Waals surface area (Å²) in [6, 6.07) is 12.9. The SMILES string of the molecule is CCCCCc1cc(N)ccc1CCc1ccc(N)cc1CCCCC. The second-order valence-electron chi connectivity index (χ2n) is 7.47. The summed E-state index contributed by atoms with van der Waals surface area (Å²) in [6.07, 6.45) is 12.0. The molecule has 0 bridgehead atoms. The van der Waals surface area contributed by atoms with Crippen molar-refractivity contribution in [2.75, 3.05) is 11.5 Å². The molecule has 26 heavy (non-hydrogen) atoms. The van der Waals surface area contributed by atoms with Crippen LogP contribution in [0.2, 0.25) is 0 Å². The summed E-state index contributed by atoms with van der Waals surface area (Å²) in [5.74, 6) is 0. The van der Waals surface area contributed by atoms with E-state index in [4.69, 9.17) is 11.5 Å². The molecule has 2 rings (SSSR count). The van der Waals surface area contributed by atoms with E-state index < -0.39 is 0 Å². The van der Waals surface area contributed by atoms with Gasteiger partial charge in [-0.3, -0.25) is 0 Å². The summed E-state index contributed by atoms with van der Waals surface area (Å²) < 4.78 is 0. The van der Waals surface area contributed by atoms with Gasteiger partial charge in [0.2, 0.25) is 0 Å². The molecule has 0 amide bonds. The largest absolute Gasteiger partial charge is 0.399 e. The number of nitrogens with two attached hydrogens (primary N) is 2. The molecular weight excluding hydrogens is 316 g/mol. The zero-order chi connectivity index (χ0) is 18.8. The molecule has 0 saturated carbocycles. The highest BCUT2D eigenvalue weighted by atomic mass is 14.5. The van der Waals surface area contributed by atoms with Crippen molar-refractivity contribution in [1.29, 1.82) is 0 Å². The van der Waals surface area contributed by atoms with E-state index >= 15 is 0 Å². The van der Waals surface area contributed by atoms with Gasteiger partial charge in [-0.2, -0.15) is 0 Å². The van der Waals surface area contributed by atoms with Crippen molar-refractivity contribution in [3.63, 3.8) is 0 Å². The Kier molecular flexibility index (Phi) is 8.53. The van der Waals surface area contributed by atoms with Gasteiger partial charge in [0, 0.05) is 11.4 Å². The van der Waals surface area contributed by atoms with Crippen LogP contribution in [0.1, 0.15) is 74.6 Å². The van der Waals surface area contributed by atoms with Gasteiger partial charge in [0.05, 0.1) is 0 Å². The van der Waals surface area contributed by atoms with E-state index in [9.17, 15) is 0 Å². The fraction of sp³-hybridized carbons (Fsp3) is 0.500. The van der Waals surface area contributed by atoms with Crippen molar-refractivity contribution in [2.45, 2.75) is 78.1 Å². The van der Waals surface area contributed by atoms with E-state index in [-0.39, 0.29) is 0 Å². The Labute approximate surface area is 160 Å². The van der Waals surface area contributed by atoms with E-state index in [1.54, 1.807) is 0 Å². The molecule has 2 aromatic carbocycles. The molecular formula is C24H36N2. The van der Waals surface area contributed by atoms with Crippen LogP contribution in [0, 0.1) is 0 Å². The van der Waals surface area contributed by atoms with Crippen molar-refractivity contribution in [3.8, 4) is 0 Å². The number of anilines is 2. The van der Waals surface area contributed by atoms with Crippen LogP contribution in [0.3, 0.4) is 0 Å². The van der Waals surface area contributed by atoms with Crippen molar-refractivity contribution in [1.82, 2.24) is 0 Å². The van der Waals surface area contributed by atoms with E-state index in [0.29, 0.717) is 0 Å². The summed E-state index contributed by atoms with van der Waals surface area (Å²) in [6.45, 7) is 4.50. The fourth-order valence-electron chi connectivity index (χ4n) is 3.65. The van der Waals surface area contributed by atoms with Gasteiger partial charge in [-0.1, -0.05) is 51.7 Å². The number of hydrogen-bond acceptors (Lipinski definition) is 2. The van der Waals surface area contributed by atoms with Gasteiger partial charge in [-0.25, -0.2) is 0 Å². The summed E-state index contributed by atoms with van der Waals surface area (Å²) in [4.78, 5) is 0. The Morgan fingerprint density at radius 2 is 0.962 bits per heavy atom. The summed E-state index contributed by atoms with van der Waals surface area (Å²) in [7, 11) is 0. The maximum absolute atomic E-state index is 6.03. The smallest absolute Gasteiger partial charge is 0.0316 e. The molecule has 0 heterocycles. The maximum Gasteiger partial charge on any atom is 0.0316 e. The minimum Gasteiger partial charge on any atom is -0.399 e. The number of nitrogen functional groups attached to an aromatic ring is 2. The van der Waals surface area contributed by atoms with E-state index in [1.165, 1.54) is 60.8 Å². The summed E-state index contributed by atoms with van der Waals surface area (Å²) in [5.41, 5.74) is 19.6. The van der Waals surface area contributed by atoms with Crippen LogP contribution in [-0.4, -0.2) is 0 Å². The highest BCUT2D eigenvalue weighted by Crippen LogP contribution is 2.22. The Morgan fingerprint density at radius 3 is 1.35 bits per heavy atom. The maximum atomic E-state index is 6.03. The van der Waals surface area contributed by atoms with Crippen molar-refractivity contribution in [3.05, 3.63) is 58.7 Å². The minimum atomic E-state index is 0.882. The first kappa shape index (κ1) is 20.4. The first-order valence-electron chi connectivity index (χ1n) is 10.4. The Bertz CT molecular complexity index is 616. The normalized spacial score (nSPS) is 11.0. The zero-order valence-corrected chi connectivity index (χ0v) is 16.7. The molecule has 0 spiro atoms. The van der Waals surface area contributed by atoms with Crippen LogP contribution in [0.25, 0.3) is 0 Å². The van der Waals surface area contributed by atoms with E-state index in [2.05, 4.69) is 38.1 Å². The Morgan fingerprint density at radius 1 is 0.538 bits per heavy atom. The second kappa shape index (κ2) is 10.9. The highest BCUT2D eigenvalue weighted by Gasteiger charge is 2.08. The molecule has 0 radical (unpaired) electrons. The molecule has 2 heteroatoms. The molecule has 142 valence electrons. The minimum absolute atomic E-state index is 0.882. The van der Waals surface area contributed by atoms with Crippen LogP contribution < -0.4 is 11.5 Å². The van der Waals surface area contributed by atoms with Crippen molar-refractivity contribution in [2.24, 2.45) is 0 Å². The molecule has 4 N–H and O–H groups in total. The van der Waals surface area contributed by atoms with Gasteiger partial charge >= 0.3 is 0 Å². The van der Waals surface area contributed by atoms with Gasteiger partial charge in [0.1, 0.15) is 0 Å². The quantitative estimate of drug-likeness (QED) is 0.379. The third kappa shape index (κ3) is 6.40. The van der Waals surface area contributed by atoms with Gasteiger partial charge in [0.15, 0.2) is 0 Å². The predicted molar refractivity (Wildman–Crippen MR) is 116 cm³/mol. The van der Waals surface area contributed by atoms with Crippen molar-refractivity contribution < 1.29 is 0 Å². The van der Waals surface area contributed by atoms with Crippen molar-refractivity contribution >= 4 is 11.4 Å². The standard InChI is InChI=1S/C24H36N2/c1-3-5-7-9-21-17-23(25)15-13-19(21)11-12-20-14-16-24(26)18-22(20)10-8-6-4-2/h13-18H,3-12,25-26H2,1-2H3. The molecule has 0 atom stereocenters. The number of aryl methyl sites for hydroxylation is 4. The first-order valence-corrected chi connectivity index (χ1v) is 10.4. The topological polar surface area (TPSA) is 52.0 Å². The lowest BCUT2D eigenvalue weighted by Gasteiger charge is -2.14. The van der Waals surface area contributed by atoms with Gasteiger partial charge in [-0.15, -0.1) is 0 Å². The molecule has 2 aromatic rings. The van der Waals surface area contributed by atoms with Gasteiger partial charge < -0.3 is 11.5 Å². The monoisotopic (exact) mass is 352 g/mol. The van der Waals surface area contributed by atoms with Crippen LogP contribution in [0.15, 0.2) is 36.4 Å². The molecule has 0 aliphatic carbocycles. The summed E-state index contributed by atoms with van der Waals surface area (Å²) >= 11 is 0. The first-order chi connectivity index (χ1) is 12.6. The third-order valence-electron chi connectivity index (χ3n) is 5.22. The number of unbranched alkanes of at least 4 members (excludes halogenated alkanes) is 4. The molecule has 0 aliphatic rings. The Balaban J connectivity index is 2.08. The predicted octanol–water partition coefficient (Wildman–Crippen LogP) is 6.10. The molecule has 2 nitrogen and oxygen atoms in total. The lowest BCUT2D eigenvalue weighted by Crippen LogP contribution is -2.02. The molecule has 0 saturated heterocycles. The van der Waals surface area contributed by atoms with Crippen LogP contribution in [0.5, 0.6) is 0 Å². The second-order valence-corrected chi connectivity index (χ2v) is 7.47. The van der Waals surface area contributed by atoms with Crippen LogP contribution in [0.4, 0.5) is 11.4 Å². The fourth-order valence-corrected chi connectivity index (χ4v) is 3.65. The van der Waals surface area contributed by atoms with E-state index in [1.807, 2.05) is 12.1 Å². The molecule has 0 fully saturated rings. The van der Waals surface area contributed by atoms with Gasteiger partial charge in [0.25, 0.3) is 0 Å². The summed E-state index contributed by atoms with van der Waals surface area (Å²) in [5, 5.41) is 0. The average molecular weight is 353 g/mol. The van der Waals surface area contributed by atoms with E-state index in [0.717, 1.165) is 37.1 Å². The Hall–Kier alpha value is -1.96. The van der Waals surface area contributed by atoms with Crippen LogP contribution >= 0.6 is 0 Å². The number of hydrogen-bond donors (Lipinski definition) is 2. The molecule has 0 aliphatic heterocycles. The average Bonchev–Trinajstić information content (AvgIpc) is 2.63. The number of rotatable bonds is 11. The third-order valence-corrected chi connectivity index (χ3v) is 5.22. The van der Waals surface area contributed by atoms with Crippen LogP contribution in [-0.2, 0) is 25.7 Å². The highest BCUT2D eigenvalue weighted by molar-refractivity contribution is 5.47. The number of benzene rings is 2. The lowest BCUT2D eigenvalue weighted by molar-refractivity contribution is 0.708. The lowest BCUT2D eigenvalue weighted by atomic mass is 9.92. The molecule has 0 aromatic heterocycles. The molecule has 0 unspecified atom stereocenters. The zero-order valence-electron chi connectivity index (χ0n) is 16.7.